The van der Waals surface area contributed by atoms with Crippen molar-refractivity contribution in [3.63, 3.8) is 0 Å². The molecule has 0 saturated heterocycles. The molecule has 176 valence electrons. The van der Waals surface area contributed by atoms with E-state index in [1.807, 2.05) is 19.1 Å². The number of hydrogen-bond donors (Lipinski definition) is 1. The monoisotopic (exact) mass is 480 g/mol. The number of nitrogens with one attached hydrogen (secondary N) is 1. The van der Waals surface area contributed by atoms with Gasteiger partial charge in [0, 0.05) is 6.26 Å². The van der Waals surface area contributed by atoms with Crippen molar-refractivity contribution in [3.05, 3.63) is 59.7 Å². The predicted molar refractivity (Wildman–Crippen MR) is 128 cm³/mol. The van der Waals surface area contributed by atoms with Crippen molar-refractivity contribution in [3.8, 4) is 0 Å². The zero-order chi connectivity index (χ0) is 24.3. The summed E-state index contributed by atoms with van der Waals surface area (Å²) < 4.78 is 49.2. The number of benzene rings is 2. The highest BCUT2D eigenvalue weighted by atomic mass is 32.2. The topological polar surface area (TPSA) is 101 Å². The highest BCUT2D eigenvalue weighted by molar-refractivity contribution is 7.92. The van der Waals surface area contributed by atoms with Crippen LogP contribution in [0.4, 0.5) is 5.69 Å². The van der Waals surface area contributed by atoms with Gasteiger partial charge in [0.2, 0.25) is 15.9 Å². The third kappa shape index (κ3) is 6.80. The van der Waals surface area contributed by atoms with Crippen LogP contribution in [-0.2, 0) is 30.1 Å². The molecule has 0 aliphatic heterocycles. The van der Waals surface area contributed by atoms with Crippen LogP contribution in [0.3, 0.4) is 0 Å². The summed E-state index contributed by atoms with van der Waals surface area (Å²) in [6, 6.07) is 13.1. The van der Waals surface area contributed by atoms with Crippen LogP contribution in [0.15, 0.2) is 53.4 Å². The van der Waals surface area contributed by atoms with Crippen LogP contribution >= 0.6 is 0 Å². The highest BCUT2D eigenvalue weighted by Gasteiger charge is 2.23. The van der Waals surface area contributed by atoms with E-state index in [0.717, 1.165) is 27.9 Å². The van der Waals surface area contributed by atoms with E-state index in [1.165, 1.54) is 12.1 Å². The molecule has 1 atom stereocenters. The smallest absolute Gasteiger partial charge is 0.241 e. The fourth-order valence-electron chi connectivity index (χ4n) is 3.27. The summed E-state index contributed by atoms with van der Waals surface area (Å²) in [6.07, 6.45) is 2.76. The molecule has 0 bridgehead atoms. The van der Waals surface area contributed by atoms with E-state index in [-0.39, 0.29) is 22.9 Å². The SMILES string of the molecule is CCC(NC(=O)CN(c1ccc(C(C)(C)C)cc1)S(C)(=O)=O)c1ccc(S(C)(=O)=O)cc1. The van der Waals surface area contributed by atoms with Crippen LogP contribution in [0.1, 0.15) is 51.3 Å². The first-order valence-corrected chi connectivity index (χ1v) is 14.0. The lowest BCUT2D eigenvalue weighted by Gasteiger charge is -2.25. The minimum absolute atomic E-state index is 0.0766. The number of nitrogens with zero attached hydrogens (tertiary/aromatic N) is 1. The number of amides is 1. The normalized spacial score (nSPS) is 13.4. The lowest BCUT2D eigenvalue weighted by atomic mass is 9.87. The molecule has 7 nitrogen and oxygen atoms in total. The molecule has 0 saturated carbocycles. The first-order valence-electron chi connectivity index (χ1n) is 10.3. The Morgan fingerprint density at radius 3 is 1.88 bits per heavy atom. The Morgan fingerprint density at radius 1 is 0.938 bits per heavy atom. The lowest BCUT2D eigenvalue weighted by Crippen LogP contribution is -2.41. The van der Waals surface area contributed by atoms with Gasteiger partial charge in [0.1, 0.15) is 6.54 Å². The molecule has 1 amide bonds. The Balaban J connectivity index is 2.21. The molecule has 2 aromatic rings. The number of sulfone groups is 1. The molecule has 0 fully saturated rings. The summed E-state index contributed by atoms with van der Waals surface area (Å²) in [4.78, 5) is 13.0. The number of anilines is 1. The third-order valence-electron chi connectivity index (χ3n) is 5.16. The number of sulfonamides is 1. The predicted octanol–water partition coefficient (Wildman–Crippen LogP) is 3.42. The molecule has 0 radical (unpaired) electrons. The second-order valence-corrected chi connectivity index (χ2v) is 12.9. The van der Waals surface area contributed by atoms with Crippen LogP contribution < -0.4 is 9.62 Å². The molecule has 32 heavy (non-hydrogen) atoms. The van der Waals surface area contributed by atoms with Crippen molar-refractivity contribution in [1.29, 1.82) is 0 Å². The van der Waals surface area contributed by atoms with Gasteiger partial charge in [-0.1, -0.05) is 52.0 Å². The maximum Gasteiger partial charge on any atom is 0.241 e. The van der Waals surface area contributed by atoms with Gasteiger partial charge in [0.25, 0.3) is 0 Å². The van der Waals surface area contributed by atoms with Crippen LogP contribution in [0.25, 0.3) is 0 Å². The van der Waals surface area contributed by atoms with Crippen LogP contribution in [-0.4, -0.2) is 41.8 Å². The molecule has 9 heteroatoms. The third-order valence-corrected chi connectivity index (χ3v) is 7.43. The first kappa shape index (κ1) is 25.9. The van der Waals surface area contributed by atoms with Crippen molar-refractivity contribution in [2.75, 3.05) is 23.4 Å². The van der Waals surface area contributed by atoms with Crippen LogP contribution in [0.2, 0.25) is 0 Å². The summed E-state index contributed by atoms with van der Waals surface area (Å²) in [5, 5.41) is 2.85. The Kier molecular flexibility index (Phi) is 7.78. The molecule has 0 aliphatic rings. The standard InChI is InChI=1S/C23H32N2O5S2/c1-7-21(17-8-14-20(15-9-17)31(5,27)28)24-22(26)16-25(32(6,29)30)19-12-10-18(11-13-19)23(2,3)4/h8-15,21H,7,16H2,1-6H3,(H,24,26). The zero-order valence-corrected chi connectivity index (χ0v) is 21.0. The maximum atomic E-state index is 12.8. The van der Waals surface area contributed by atoms with E-state index >= 15 is 0 Å². The average Bonchev–Trinajstić information content (AvgIpc) is 2.68. The summed E-state index contributed by atoms with van der Waals surface area (Å²) in [5.41, 5.74) is 2.14. The number of rotatable bonds is 8. The number of carbonyl (C=O) groups is 1. The molecule has 0 aromatic heterocycles. The van der Waals surface area contributed by atoms with E-state index < -0.39 is 25.8 Å². The van der Waals surface area contributed by atoms with E-state index in [0.29, 0.717) is 12.1 Å². The molecule has 1 N–H and O–H groups in total. The quantitative estimate of drug-likeness (QED) is 0.624. The van der Waals surface area contributed by atoms with E-state index in [9.17, 15) is 21.6 Å². The zero-order valence-electron chi connectivity index (χ0n) is 19.4. The van der Waals surface area contributed by atoms with E-state index in [1.54, 1.807) is 24.3 Å². The minimum atomic E-state index is -3.68. The summed E-state index contributed by atoms with van der Waals surface area (Å²) in [6.45, 7) is 7.73. The molecular formula is C23H32N2O5S2. The van der Waals surface area contributed by atoms with Crippen molar-refractivity contribution in [2.45, 2.75) is 50.5 Å². The largest absolute Gasteiger partial charge is 0.348 e. The van der Waals surface area contributed by atoms with Gasteiger partial charge in [-0.15, -0.1) is 0 Å². The Hall–Kier alpha value is -2.39. The summed E-state index contributed by atoms with van der Waals surface area (Å²) >= 11 is 0. The van der Waals surface area contributed by atoms with Gasteiger partial charge in [-0.05, 0) is 47.2 Å². The van der Waals surface area contributed by atoms with Gasteiger partial charge in [0.15, 0.2) is 9.84 Å². The van der Waals surface area contributed by atoms with E-state index in [4.69, 9.17) is 0 Å². The van der Waals surface area contributed by atoms with Crippen molar-refractivity contribution < 1.29 is 21.6 Å². The van der Waals surface area contributed by atoms with Gasteiger partial charge >= 0.3 is 0 Å². The molecule has 2 rings (SSSR count). The highest BCUT2D eigenvalue weighted by Crippen LogP contribution is 2.26. The van der Waals surface area contributed by atoms with Gasteiger partial charge in [-0.3, -0.25) is 9.10 Å². The van der Waals surface area contributed by atoms with Crippen molar-refractivity contribution in [1.82, 2.24) is 5.32 Å². The molecule has 0 spiro atoms. The molecule has 2 aromatic carbocycles. The minimum Gasteiger partial charge on any atom is -0.348 e. The molecule has 0 heterocycles. The Bertz CT molecular complexity index is 1150. The second kappa shape index (κ2) is 9.62. The second-order valence-electron chi connectivity index (χ2n) is 8.94. The first-order chi connectivity index (χ1) is 14.6. The van der Waals surface area contributed by atoms with Crippen LogP contribution in [0.5, 0.6) is 0 Å². The number of carbonyl (C=O) groups excluding carboxylic acids is 1. The summed E-state index contributed by atoms with van der Waals surface area (Å²) in [7, 11) is -7.00. The fraction of sp³-hybridized carbons (Fsp3) is 0.435. The molecule has 1 unspecified atom stereocenters. The van der Waals surface area contributed by atoms with Crippen LogP contribution in [0, 0.1) is 0 Å². The average molecular weight is 481 g/mol. The van der Waals surface area contributed by atoms with Gasteiger partial charge in [-0.2, -0.15) is 0 Å². The maximum absolute atomic E-state index is 12.8. The Labute approximate surface area is 191 Å². The lowest BCUT2D eigenvalue weighted by molar-refractivity contribution is -0.120. The van der Waals surface area contributed by atoms with Gasteiger partial charge < -0.3 is 5.32 Å². The molecule has 0 aliphatic carbocycles. The van der Waals surface area contributed by atoms with Gasteiger partial charge in [0.05, 0.1) is 22.9 Å². The summed E-state index contributed by atoms with van der Waals surface area (Å²) in [5.74, 6) is -0.450. The van der Waals surface area contributed by atoms with E-state index in [2.05, 4.69) is 26.1 Å². The van der Waals surface area contributed by atoms with Crippen molar-refractivity contribution >= 4 is 31.5 Å². The number of hydrogen-bond acceptors (Lipinski definition) is 5. The molecular weight excluding hydrogens is 448 g/mol. The Morgan fingerprint density at radius 2 is 1.47 bits per heavy atom. The fourth-order valence-corrected chi connectivity index (χ4v) is 4.75. The van der Waals surface area contributed by atoms with Gasteiger partial charge in [-0.25, -0.2) is 16.8 Å². The van der Waals surface area contributed by atoms with Crippen molar-refractivity contribution in [2.24, 2.45) is 0 Å².